The summed E-state index contributed by atoms with van der Waals surface area (Å²) in [6, 6.07) is 2.48. The Balaban J connectivity index is 1.45. The van der Waals surface area contributed by atoms with Gasteiger partial charge in [0.25, 0.3) is 0 Å². The summed E-state index contributed by atoms with van der Waals surface area (Å²) in [5, 5.41) is 6.46. The van der Waals surface area contributed by atoms with Crippen LogP contribution in [0.2, 0.25) is 0 Å². The summed E-state index contributed by atoms with van der Waals surface area (Å²) in [7, 11) is 0. The third kappa shape index (κ3) is 3.24. The van der Waals surface area contributed by atoms with Crippen LogP contribution in [0.15, 0.2) is 17.8 Å². The monoisotopic (exact) mass is 344 g/mol. The van der Waals surface area contributed by atoms with E-state index in [0.717, 1.165) is 54.8 Å². The highest BCUT2D eigenvalue weighted by atomic mass is 32.1. The van der Waals surface area contributed by atoms with Crippen LogP contribution in [-0.2, 0) is 4.79 Å². The molecule has 2 fully saturated rings. The van der Waals surface area contributed by atoms with Gasteiger partial charge in [-0.3, -0.25) is 4.79 Å². The van der Waals surface area contributed by atoms with Crippen LogP contribution in [0.3, 0.4) is 0 Å². The Morgan fingerprint density at radius 1 is 1.17 bits per heavy atom. The molecule has 0 bridgehead atoms. The van der Waals surface area contributed by atoms with E-state index in [2.05, 4.69) is 31.6 Å². The molecule has 2 aromatic rings. The molecule has 1 amide bonds. The molecule has 0 unspecified atom stereocenters. The summed E-state index contributed by atoms with van der Waals surface area (Å²) in [5.41, 5.74) is 0. The molecule has 1 atom stereocenters. The number of nitrogens with one attached hydrogen (secondary N) is 1. The summed E-state index contributed by atoms with van der Waals surface area (Å²) in [5.74, 6) is 1.29. The van der Waals surface area contributed by atoms with E-state index >= 15 is 0 Å². The highest BCUT2D eigenvalue weighted by molar-refractivity contribution is 7.16. The number of piperidine rings is 1. The zero-order chi connectivity index (χ0) is 16.4. The van der Waals surface area contributed by atoms with Gasteiger partial charge in [-0.25, -0.2) is 9.97 Å². The average Bonchev–Trinajstić information content (AvgIpc) is 3.11. The molecule has 1 aliphatic heterocycles. The van der Waals surface area contributed by atoms with Crippen molar-refractivity contribution in [2.75, 3.05) is 18.0 Å². The lowest BCUT2D eigenvalue weighted by Crippen LogP contribution is -2.46. The number of amides is 1. The van der Waals surface area contributed by atoms with Crippen LogP contribution in [0.4, 0.5) is 5.82 Å². The molecule has 4 rings (SSSR count). The summed E-state index contributed by atoms with van der Waals surface area (Å²) in [6.45, 7) is 1.73. The first-order valence-electron chi connectivity index (χ1n) is 9.05. The zero-order valence-electron chi connectivity index (χ0n) is 13.9. The molecule has 2 aromatic heterocycles. The van der Waals surface area contributed by atoms with Gasteiger partial charge in [-0.05, 0) is 37.1 Å². The molecular formula is C18H24N4OS. The number of carbonyl (C=O) groups is 1. The molecule has 6 heteroatoms. The van der Waals surface area contributed by atoms with E-state index in [9.17, 15) is 4.79 Å². The van der Waals surface area contributed by atoms with Crippen LogP contribution in [0, 0.1) is 5.92 Å². The van der Waals surface area contributed by atoms with Gasteiger partial charge in [0.05, 0.1) is 11.3 Å². The average molecular weight is 344 g/mol. The molecular weight excluding hydrogens is 320 g/mol. The molecule has 0 aromatic carbocycles. The molecule has 1 aliphatic carbocycles. The maximum atomic E-state index is 12.7. The van der Waals surface area contributed by atoms with Crippen molar-refractivity contribution >= 4 is 33.3 Å². The minimum absolute atomic E-state index is 0.0735. The second-order valence-corrected chi connectivity index (χ2v) is 7.86. The van der Waals surface area contributed by atoms with Crippen molar-refractivity contribution in [2.45, 2.75) is 51.0 Å². The number of anilines is 1. The first-order valence-corrected chi connectivity index (χ1v) is 9.93. The maximum Gasteiger partial charge on any atom is 0.225 e. The van der Waals surface area contributed by atoms with E-state index in [1.165, 1.54) is 19.3 Å². The largest absolute Gasteiger partial charge is 0.355 e. The van der Waals surface area contributed by atoms with Gasteiger partial charge in [-0.2, -0.15) is 0 Å². The highest BCUT2D eigenvalue weighted by Crippen LogP contribution is 2.30. The molecule has 1 N–H and O–H groups in total. The van der Waals surface area contributed by atoms with Crippen LogP contribution >= 0.6 is 11.3 Å². The topological polar surface area (TPSA) is 58.1 Å². The summed E-state index contributed by atoms with van der Waals surface area (Å²) in [6.07, 6.45) is 9.75. The lowest BCUT2D eigenvalue weighted by Gasteiger charge is -2.34. The van der Waals surface area contributed by atoms with E-state index in [0.29, 0.717) is 6.04 Å². The number of hydrogen-bond donors (Lipinski definition) is 1. The number of fused-ring (bicyclic) bond motifs is 1. The van der Waals surface area contributed by atoms with Crippen molar-refractivity contribution in [3.8, 4) is 0 Å². The Labute approximate surface area is 146 Å². The molecule has 2 aliphatic rings. The molecule has 24 heavy (non-hydrogen) atoms. The summed E-state index contributed by atoms with van der Waals surface area (Å²) in [4.78, 5) is 24.8. The fraction of sp³-hybridized carbons (Fsp3) is 0.611. The molecule has 0 radical (unpaired) electrons. The van der Waals surface area contributed by atoms with Crippen molar-refractivity contribution in [3.05, 3.63) is 17.8 Å². The Hall–Kier alpha value is -1.69. The number of thiophene rings is 1. The van der Waals surface area contributed by atoms with E-state index in [1.807, 2.05) is 0 Å². The Morgan fingerprint density at radius 2 is 2.04 bits per heavy atom. The normalized spacial score (nSPS) is 22.7. The Kier molecular flexibility index (Phi) is 4.65. The quantitative estimate of drug-likeness (QED) is 0.927. The first kappa shape index (κ1) is 15.8. The van der Waals surface area contributed by atoms with Crippen LogP contribution in [0.5, 0.6) is 0 Å². The SMILES string of the molecule is O=C(NC1CCCCC1)[C@@H]1CCCN(c2ncnc3sccc23)C1. The van der Waals surface area contributed by atoms with Gasteiger partial charge in [0.15, 0.2) is 0 Å². The fourth-order valence-corrected chi connectivity index (χ4v) is 4.71. The second-order valence-electron chi connectivity index (χ2n) is 6.97. The van der Waals surface area contributed by atoms with Gasteiger partial charge < -0.3 is 10.2 Å². The van der Waals surface area contributed by atoms with Crippen LogP contribution in [-0.4, -0.2) is 35.0 Å². The van der Waals surface area contributed by atoms with Gasteiger partial charge in [0, 0.05) is 19.1 Å². The fourth-order valence-electron chi connectivity index (χ4n) is 3.98. The van der Waals surface area contributed by atoms with Gasteiger partial charge in [-0.1, -0.05) is 19.3 Å². The maximum absolute atomic E-state index is 12.7. The van der Waals surface area contributed by atoms with E-state index in [-0.39, 0.29) is 11.8 Å². The Bertz CT molecular complexity index is 710. The van der Waals surface area contributed by atoms with E-state index < -0.39 is 0 Å². The zero-order valence-corrected chi connectivity index (χ0v) is 14.7. The number of aromatic nitrogens is 2. The van der Waals surface area contributed by atoms with Gasteiger partial charge in [-0.15, -0.1) is 11.3 Å². The number of nitrogens with zero attached hydrogens (tertiary/aromatic N) is 3. The van der Waals surface area contributed by atoms with Crippen LogP contribution in [0.1, 0.15) is 44.9 Å². The molecule has 5 nitrogen and oxygen atoms in total. The number of rotatable bonds is 3. The highest BCUT2D eigenvalue weighted by Gasteiger charge is 2.29. The number of carbonyl (C=O) groups excluding carboxylic acids is 1. The lowest BCUT2D eigenvalue weighted by molar-refractivity contribution is -0.126. The molecule has 128 valence electrons. The minimum Gasteiger partial charge on any atom is -0.355 e. The Morgan fingerprint density at radius 3 is 2.92 bits per heavy atom. The smallest absolute Gasteiger partial charge is 0.225 e. The predicted molar refractivity (Wildman–Crippen MR) is 97.4 cm³/mol. The lowest BCUT2D eigenvalue weighted by atomic mass is 9.93. The second kappa shape index (κ2) is 7.05. The summed E-state index contributed by atoms with van der Waals surface area (Å²) < 4.78 is 0. The summed E-state index contributed by atoms with van der Waals surface area (Å²) >= 11 is 1.64. The van der Waals surface area contributed by atoms with Gasteiger partial charge in [0.1, 0.15) is 17.0 Å². The molecule has 1 saturated carbocycles. The minimum atomic E-state index is 0.0735. The first-order chi connectivity index (χ1) is 11.8. The predicted octanol–water partition coefficient (Wildman–Crippen LogP) is 3.36. The van der Waals surface area contributed by atoms with Crippen LogP contribution < -0.4 is 10.2 Å². The van der Waals surface area contributed by atoms with Crippen molar-refractivity contribution < 1.29 is 4.79 Å². The third-order valence-electron chi connectivity index (χ3n) is 5.28. The molecule has 3 heterocycles. The van der Waals surface area contributed by atoms with Gasteiger partial charge >= 0.3 is 0 Å². The van der Waals surface area contributed by atoms with E-state index in [1.54, 1.807) is 17.7 Å². The van der Waals surface area contributed by atoms with Gasteiger partial charge in [0.2, 0.25) is 5.91 Å². The number of hydrogen-bond acceptors (Lipinski definition) is 5. The molecule has 0 spiro atoms. The standard InChI is InChI=1S/C18H24N4OS/c23-17(21-14-6-2-1-3-7-14)13-5-4-9-22(11-13)16-15-8-10-24-18(15)20-12-19-16/h8,10,12-14H,1-7,9,11H2,(H,21,23)/t13-/m1/s1. The van der Waals surface area contributed by atoms with Crippen molar-refractivity contribution in [2.24, 2.45) is 5.92 Å². The van der Waals surface area contributed by atoms with Crippen LogP contribution in [0.25, 0.3) is 10.2 Å². The van der Waals surface area contributed by atoms with Crippen molar-refractivity contribution in [1.29, 1.82) is 0 Å². The third-order valence-corrected chi connectivity index (χ3v) is 6.10. The molecule has 1 saturated heterocycles. The van der Waals surface area contributed by atoms with E-state index in [4.69, 9.17) is 0 Å². The van der Waals surface area contributed by atoms with Crippen molar-refractivity contribution in [3.63, 3.8) is 0 Å². The van der Waals surface area contributed by atoms with Crippen molar-refractivity contribution in [1.82, 2.24) is 15.3 Å².